The number of carboxylic acid groups (broad SMARTS) is 1. The average Bonchev–Trinajstić information content (AvgIpc) is 2.30. The van der Waals surface area contributed by atoms with Crippen molar-refractivity contribution in [1.82, 2.24) is 0 Å². The van der Waals surface area contributed by atoms with E-state index in [1.54, 1.807) is 12.1 Å². The Balaban J connectivity index is 0.00000144. The molecule has 0 heterocycles. The summed E-state index contributed by atoms with van der Waals surface area (Å²) in [6.45, 7) is 0. The maximum Gasteiger partial charge on any atom is 2.00 e. The third kappa shape index (κ3) is 3.72. The van der Waals surface area contributed by atoms with E-state index in [1.807, 2.05) is 18.2 Å². The number of nitrogens with one attached hydrogen (secondary N) is 1. The molecule has 0 aromatic heterocycles. The standard InChI is InChI=1S/C13H9NO2.W/c15-13(16)10-5-4-8-12(9-10)14-11-6-2-1-3-7-11;/h1-6,9,14H,(H,15,16);/q-2;+2. The molecule has 2 aromatic carbocycles. The molecule has 0 aliphatic carbocycles. The first-order valence-electron chi connectivity index (χ1n) is 4.74. The van der Waals surface area contributed by atoms with Gasteiger partial charge in [-0.05, 0) is 5.56 Å². The Hall–Kier alpha value is -1.60. The summed E-state index contributed by atoms with van der Waals surface area (Å²) in [5, 5.41) is 11.9. The summed E-state index contributed by atoms with van der Waals surface area (Å²) in [7, 11) is 0. The zero-order valence-corrected chi connectivity index (χ0v) is 11.7. The first-order valence-corrected chi connectivity index (χ1v) is 4.74. The van der Waals surface area contributed by atoms with Crippen LogP contribution in [0.2, 0.25) is 0 Å². The molecule has 4 heteroatoms. The molecule has 0 saturated heterocycles. The molecule has 0 saturated carbocycles. The van der Waals surface area contributed by atoms with Crippen LogP contribution in [0, 0.1) is 12.1 Å². The summed E-state index contributed by atoms with van der Waals surface area (Å²) in [6, 6.07) is 17.9. The molecule has 0 fully saturated rings. The zero-order valence-electron chi connectivity index (χ0n) is 8.81. The van der Waals surface area contributed by atoms with Gasteiger partial charge in [-0.3, -0.25) is 0 Å². The van der Waals surface area contributed by atoms with Gasteiger partial charge in [0.05, 0.1) is 0 Å². The molecule has 0 radical (unpaired) electrons. The van der Waals surface area contributed by atoms with Crippen molar-refractivity contribution >= 4 is 17.3 Å². The van der Waals surface area contributed by atoms with Gasteiger partial charge in [-0.25, -0.2) is 4.79 Å². The number of hydrogen-bond donors (Lipinski definition) is 2. The van der Waals surface area contributed by atoms with Crippen LogP contribution >= 0.6 is 0 Å². The van der Waals surface area contributed by atoms with Crippen LogP contribution in [0.1, 0.15) is 10.4 Å². The predicted molar refractivity (Wildman–Crippen MR) is 60.8 cm³/mol. The average molecular weight is 395 g/mol. The fourth-order valence-corrected chi connectivity index (χ4v) is 1.29. The van der Waals surface area contributed by atoms with E-state index in [2.05, 4.69) is 17.4 Å². The topological polar surface area (TPSA) is 49.3 Å². The number of rotatable bonds is 3. The van der Waals surface area contributed by atoms with E-state index in [0.717, 1.165) is 5.69 Å². The Morgan fingerprint density at radius 2 is 1.88 bits per heavy atom. The smallest absolute Gasteiger partial charge is 0.479 e. The number of carboxylic acids is 1. The third-order valence-electron chi connectivity index (χ3n) is 2.03. The molecule has 2 aromatic rings. The first-order chi connectivity index (χ1) is 7.75. The van der Waals surface area contributed by atoms with Gasteiger partial charge in [0, 0.05) is 0 Å². The molecule has 2 rings (SSSR count). The number of carbonyl (C=O) groups is 1. The van der Waals surface area contributed by atoms with Crippen LogP contribution < -0.4 is 5.32 Å². The molecule has 0 aliphatic heterocycles. The first kappa shape index (κ1) is 13.5. The van der Waals surface area contributed by atoms with Gasteiger partial charge in [-0.15, -0.1) is 12.1 Å². The fourth-order valence-electron chi connectivity index (χ4n) is 1.29. The fraction of sp³-hybridized carbons (Fsp3) is 0. The van der Waals surface area contributed by atoms with Crippen LogP contribution in [0.25, 0.3) is 0 Å². The largest absolute Gasteiger partial charge is 2.00 e. The van der Waals surface area contributed by atoms with E-state index in [4.69, 9.17) is 5.11 Å². The second-order valence-corrected chi connectivity index (χ2v) is 3.20. The third-order valence-corrected chi connectivity index (χ3v) is 2.03. The van der Waals surface area contributed by atoms with Crippen molar-refractivity contribution in [2.45, 2.75) is 0 Å². The van der Waals surface area contributed by atoms with E-state index >= 15 is 0 Å². The Bertz CT molecular complexity index is 500. The van der Waals surface area contributed by atoms with Gasteiger partial charge in [-0.2, -0.15) is 42.5 Å². The molecule has 0 amide bonds. The SMILES string of the molecule is O=C(O)c1cc[c-]c(Nc2[c-]cccc2)c1.[W+2]. The minimum Gasteiger partial charge on any atom is -0.479 e. The summed E-state index contributed by atoms with van der Waals surface area (Å²) in [5.74, 6) is -0.950. The van der Waals surface area contributed by atoms with Gasteiger partial charge in [0.2, 0.25) is 0 Å². The molecule has 17 heavy (non-hydrogen) atoms. The van der Waals surface area contributed by atoms with Crippen molar-refractivity contribution in [3.05, 3.63) is 60.2 Å². The van der Waals surface area contributed by atoms with Crippen molar-refractivity contribution in [3.63, 3.8) is 0 Å². The quantitative estimate of drug-likeness (QED) is 0.787. The minimum absolute atomic E-state index is 0. The number of benzene rings is 2. The molecule has 0 atom stereocenters. The van der Waals surface area contributed by atoms with E-state index in [0.29, 0.717) is 5.69 Å². The van der Waals surface area contributed by atoms with Crippen LogP contribution in [-0.2, 0) is 21.1 Å². The second-order valence-electron chi connectivity index (χ2n) is 3.20. The van der Waals surface area contributed by atoms with Crippen molar-refractivity contribution in [1.29, 1.82) is 0 Å². The van der Waals surface area contributed by atoms with Gasteiger partial charge in [0.25, 0.3) is 0 Å². The number of hydrogen-bond acceptors (Lipinski definition) is 2. The van der Waals surface area contributed by atoms with E-state index in [-0.39, 0.29) is 26.6 Å². The van der Waals surface area contributed by atoms with Crippen molar-refractivity contribution < 1.29 is 31.0 Å². The maximum atomic E-state index is 10.8. The zero-order chi connectivity index (χ0) is 11.4. The summed E-state index contributed by atoms with van der Waals surface area (Å²) in [4.78, 5) is 10.8. The van der Waals surface area contributed by atoms with E-state index in [1.165, 1.54) is 12.1 Å². The molecule has 0 unspecified atom stereocenters. The Labute approximate surface area is 114 Å². The van der Waals surface area contributed by atoms with Crippen LogP contribution in [0.5, 0.6) is 0 Å². The minimum atomic E-state index is -0.950. The summed E-state index contributed by atoms with van der Waals surface area (Å²) in [5.41, 5.74) is 1.63. The summed E-state index contributed by atoms with van der Waals surface area (Å²) in [6.07, 6.45) is 0. The molecule has 3 nitrogen and oxygen atoms in total. The van der Waals surface area contributed by atoms with E-state index < -0.39 is 5.97 Å². The van der Waals surface area contributed by atoms with Gasteiger partial charge in [-0.1, -0.05) is 11.4 Å². The summed E-state index contributed by atoms with van der Waals surface area (Å²) < 4.78 is 0. The van der Waals surface area contributed by atoms with Crippen LogP contribution in [0.3, 0.4) is 0 Å². The number of aromatic carboxylic acids is 1. The van der Waals surface area contributed by atoms with Crippen molar-refractivity contribution in [2.75, 3.05) is 5.32 Å². The van der Waals surface area contributed by atoms with E-state index in [9.17, 15) is 4.79 Å². The Morgan fingerprint density at radius 3 is 2.53 bits per heavy atom. The normalized spacial score (nSPS) is 9.18. The van der Waals surface area contributed by atoms with Gasteiger partial charge in [0.1, 0.15) is 0 Å². The molecule has 2 N–H and O–H groups in total. The predicted octanol–water partition coefficient (Wildman–Crippen LogP) is 2.73. The number of para-hydroxylation sites is 1. The Morgan fingerprint density at radius 1 is 1.12 bits per heavy atom. The van der Waals surface area contributed by atoms with Crippen molar-refractivity contribution in [3.8, 4) is 0 Å². The molecule has 0 bridgehead atoms. The van der Waals surface area contributed by atoms with Gasteiger partial charge < -0.3 is 10.4 Å². The molecular weight excluding hydrogens is 386 g/mol. The van der Waals surface area contributed by atoms with Crippen LogP contribution in [-0.4, -0.2) is 11.1 Å². The molecular formula is C13H9NO2W. The molecule has 84 valence electrons. The van der Waals surface area contributed by atoms with Crippen LogP contribution in [0.15, 0.2) is 42.5 Å². The van der Waals surface area contributed by atoms with Gasteiger partial charge >= 0.3 is 27.0 Å². The summed E-state index contributed by atoms with van der Waals surface area (Å²) >= 11 is 0. The van der Waals surface area contributed by atoms with Crippen molar-refractivity contribution in [2.24, 2.45) is 0 Å². The maximum absolute atomic E-state index is 10.8. The second kappa shape index (κ2) is 6.21. The van der Waals surface area contributed by atoms with Gasteiger partial charge in [0.15, 0.2) is 0 Å². The monoisotopic (exact) mass is 395 g/mol. The Kier molecular flexibility index (Phi) is 4.92. The van der Waals surface area contributed by atoms with Crippen LogP contribution in [0.4, 0.5) is 11.4 Å². The molecule has 0 aliphatic rings. The number of anilines is 2. The molecule has 0 spiro atoms.